The van der Waals surface area contributed by atoms with Crippen molar-refractivity contribution < 1.29 is 4.79 Å². The topological polar surface area (TPSA) is 58.1 Å². The first-order valence-corrected chi connectivity index (χ1v) is 8.07. The first-order valence-electron chi connectivity index (χ1n) is 8.07. The van der Waals surface area contributed by atoms with Crippen molar-refractivity contribution in [1.29, 1.82) is 0 Å². The van der Waals surface area contributed by atoms with E-state index in [-0.39, 0.29) is 11.8 Å². The Hall–Kier alpha value is -1.65. The van der Waals surface area contributed by atoms with Gasteiger partial charge >= 0.3 is 0 Å². The maximum Gasteiger partial charge on any atom is 0.225 e. The van der Waals surface area contributed by atoms with Crippen molar-refractivity contribution in [1.82, 2.24) is 15.3 Å². The first kappa shape index (κ1) is 14.3. The molecule has 2 heterocycles. The van der Waals surface area contributed by atoms with Crippen LogP contribution in [-0.2, 0) is 4.79 Å². The van der Waals surface area contributed by atoms with Gasteiger partial charge in [0.2, 0.25) is 11.9 Å². The van der Waals surface area contributed by atoms with Gasteiger partial charge < -0.3 is 10.2 Å². The number of hydrogen-bond donors (Lipinski definition) is 1. The number of piperidine rings is 1. The van der Waals surface area contributed by atoms with Gasteiger partial charge in [-0.05, 0) is 38.7 Å². The molecule has 1 N–H and O–H groups in total. The number of amides is 1. The quantitative estimate of drug-likeness (QED) is 0.925. The summed E-state index contributed by atoms with van der Waals surface area (Å²) in [5.41, 5.74) is 0.970. The zero-order valence-electron chi connectivity index (χ0n) is 12.7. The van der Waals surface area contributed by atoms with Crippen LogP contribution in [0.25, 0.3) is 0 Å². The predicted molar refractivity (Wildman–Crippen MR) is 82.1 cm³/mol. The van der Waals surface area contributed by atoms with Crippen LogP contribution in [0.1, 0.15) is 44.2 Å². The molecule has 2 fully saturated rings. The van der Waals surface area contributed by atoms with Crippen molar-refractivity contribution in [2.24, 2.45) is 5.92 Å². The van der Waals surface area contributed by atoms with Crippen molar-refractivity contribution in [3.63, 3.8) is 0 Å². The molecular formula is C16H24N4O. The van der Waals surface area contributed by atoms with E-state index in [1.807, 2.05) is 13.0 Å². The van der Waals surface area contributed by atoms with Gasteiger partial charge in [0.1, 0.15) is 0 Å². The van der Waals surface area contributed by atoms with Gasteiger partial charge in [-0.2, -0.15) is 0 Å². The van der Waals surface area contributed by atoms with Crippen LogP contribution >= 0.6 is 0 Å². The number of rotatable bonds is 3. The lowest BCUT2D eigenvalue weighted by atomic mass is 9.97. The highest BCUT2D eigenvalue weighted by Gasteiger charge is 2.29. The normalized spacial score (nSPS) is 23.3. The van der Waals surface area contributed by atoms with E-state index in [1.54, 1.807) is 6.20 Å². The molecule has 1 aromatic rings. The highest BCUT2D eigenvalue weighted by molar-refractivity contribution is 5.79. The number of nitrogens with zero attached hydrogens (tertiary/aromatic N) is 3. The Kier molecular flexibility index (Phi) is 4.36. The summed E-state index contributed by atoms with van der Waals surface area (Å²) in [7, 11) is 0. The van der Waals surface area contributed by atoms with Gasteiger partial charge in [0.15, 0.2) is 0 Å². The van der Waals surface area contributed by atoms with Crippen molar-refractivity contribution in [3.8, 4) is 0 Å². The molecule has 5 nitrogen and oxygen atoms in total. The number of aromatic nitrogens is 2. The van der Waals surface area contributed by atoms with E-state index in [0.29, 0.717) is 6.04 Å². The third-order valence-corrected chi connectivity index (χ3v) is 4.56. The maximum atomic E-state index is 12.4. The Morgan fingerprint density at radius 1 is 1.29 bits per heavy atom. The van der Waals surface area contributed by atoms with Gasteiger partial charge in [0.25, 0.3) is 0 Å². The molecule has 1 atom stereocenters. The molecule has 21 heavy (non-hydrogen) atoms. The first-order chi connectivity index (χ1) is 10.2. The fourth-order valence-electron chi connectivity index (χ4n) is 3.35. The van der Waals surface area contributed by atoms with E-state index in [4.69, 9.17) is 0 Å². The molecule has 1 aliphatic carbocycles. The van der Waals surface area contributed by atoms with Gasteiger partial charge in [0, 0.05) is 31.0 Å². The fourth-order valence-corrected chi connectivity index (χ4v) is 3.35. The van der Waals surface area contributed by atoms with E-state index >= 15 is 0 Å². The van der Waals surface area contributed by atoms with Crippen molar-refractivity contribution in [2.75, 3.05) is 18.0 Å². The molecule has 0 bridgehead atoms. The Labute approximate surface area is 126 Å². The molecule has 5 heteroatoms. The van der Waals surface area contributed by atoms with Gasteiger partial charge in [-0.3, -0.25) is 4.79 Å². The highest BCUT2D eigenvalue weighted by atomic mass is 16.2. The van der Waals surface area contributed by atoms with Crippen LogP contribution in [0.5, 0.6) is 0 Å². The Balaban J connectivity index is 1.61. The molecular weight excluding hydrogens is 264 g/mol. The van der Waals surface area contributed by atoms with Gasteiger partial charge in [-0.15, -0.1) is 0 Å². The van der Waals surface area contributed by atoms with E-state index in [9.17, 15) is 4.79 Å². The van der Waals surface area contributed by atoms with Crippen LogP contribution in [0, 0.1) is 12.8 Å². The highest BCUT2D eigenvalue weighted by Crippen LogP contribution is 2.22. The van der Waals surface area contributed by atoms with Crippen molar-refractivity contribution in [3.05, 3.63) is 18.0 Å². The van der Waals surface area contributed by atoms with E-state index in [1.165, 1.54) is 12.8 Å². The summed E-state index contributed by atoms with van der Waals surface area (Å²) in [4.78, 5) is 23.4. The maximum absolute atomic E-state index is 12.4. The lowest BCUT2D eigenvalue weighted by molar-refractivity contribution is -0.125. The van der Waals surface area contributed by atoms with Crippen LogP contribution in [0.4, 0.5) is 5.95 Å². The van der Waals surface area contributed by atoms with Crippen molar-refractivity contribution >= 4 is 11.9 Å². The summed E-state index contributed by atoms with van der Waals surface area (Å²) in [5, 5.41) is 3.23. The zero-order valence-corrected chi connectivity index (χ0v) is 12.7. The minimum Gasteiger partial charge on any atom is -0.353 e. The molecule has 1 amide bonds. The molecule has 2 aliphatic rings. The van der Waals surface area contributed by atoms with Gasteiger partial charge in [0.05, 0.1) is 5.92 Å². The second-order valence-corrected chi connectivity index (χ2v) is 6.27. The zero-order chi connectivity index (χ0) is 14.7. The van der Waals surface area contributed by atoms with Crippen molar-refractivity contribution in [2.45, 2.75) is 51.5 Å². The molecule has 1 saturated carbocycles. The number of anilines is 1. The monoisotopic (exact) mass is 288 g/mol. The number of carbonyl (C=O) groups excluding carboxylic acids is 1. The molecule has 3 rings (SSSR count). The lowest BCUT2D eigenvalue weighted by Gasteiger charge is -2.32. The second-order valence-electron chi connectivity index (χ2n) is 6.27. The average Bonchev–Trinajstić information content (AvgIpc) is 3.00. The van der Waals surface area contributed by atoms with Crippen LogP contribution in [0.15, 0.2) is 12.3 Å². The second kappa shape index (κ2) is 6.41. The van der Waals surface area contributed by atoms with Crippen LogP contribution in [0.2, 0.25) is 0 Å². The number of nitrogens with one attached hydrogen (secondary N) is 1. The fraction of sp³-hybridized carbons (Fsp3) is 0.688. The third kappa shape index (κ3) is 3.52. The van der Waals surface area contributed by atoms with Crippen LogP contribution < -0.4 is 10.2 Å². The molecule has 1 saturated heterocycles. The molecule has 0 spiro atoms. The van der Waals surface area contributed by atoms with E-state index < -0.39 is 0 Å². The summed E-state index contributed by atoms with van der Waals surface area (Å²) in [6.45, 7) is 3.65. The number of hydrogen-bond acceptors (Lipinski definition) is 4. The standard InChI is InChI=1S/C16H24N4O/c1-12-8-9-17-16(18-12)20-10-4-5-13(11-20)15(21)19-14-6-2-3-7-14/h8-9,13-14H,2-7,10-11H2,1H3,(H,19,21). The Morgan fingerprint density at radius 3 is 2.86 bits per heavy atom. The summed E-state index contributed by atoms with van der Waals surface area (Å²) in [6, 6.07) is 2.31. The van der Waals surface area contributed by atoms with E-state index in [0.717, 1.165) is 50.4 Å². The predicted octanol–water partition coefficient (Wildman–Crippen LogP) is 2.06. The Bertz CT molecular complexity index is 499. The summed E-state index contributed by atoms with van der Waals surface area (Å²) in [6.07, 6.45) is 8.57. The van der Waals surface area contributed by atoms with Crippen LogP contribution in [-0.4, -0.2) is 35.0 Å². The Morgan fingerprint density at radius 2 is 2.10 bits per heavy atom. The van der Waals surface area contributed by atoms with Gasteiger partial charge in [-0.25, -0.2) is 9.97 Å². The lowest BCUT2D eigenvalue weighted by Crippen LogP contribution is -2.45. The average molecular weight is 288 g/mol. The van der Waals surface area contributed by atoms with E-state index in [2.05, 4.69) is 20.2 Å². The minimum atomic E-state index is 0.0727. The summed E-state index contributed by atoms with van der Waals surface area (Å²) in [5.74, 6) is 1.05. The minimum absolute atomic E-state index is 0.0727. The SMILES string of the molecule is Cc1ccnc(N2CCCC(C(=O)NC3CCCC3)C2)n1. The largest absolute Gasteiger partial charge is 0.353 e. The molecule has 114 valence electrons. The molecule has 1 unspecified atom stereocenters. The molecule has 1 aliphatic heterocycles. The van der Waals surface area contributed by atoms with Gasteiger partial charge in [-0.1, -0.05) is 12.8 Å². The molecule has 0 radical (unpaired) electrons. The molecule has 0 aromatic carbocycles. The summed E-state index contributed by atoms with van der Waals surface area (Å²) >= 11 is 0. The smallest absolute Gasteiger partial charge is 0.225 e. The number of carbonyl (C=O) groups is 1. The van der Waals surface area contributed by atoms with Crippen LogP contribution in [0.3, 0.4) is 0 Å². The number of aryl methyl sites for hydroxylation is 1. The summed E-state index contributed by atoms with van der Waals surface area (Å²) < 4.78 is 0. The molecule has 1 aromatic heterocycles. The third-order valence-electron chi connectivity index (χ3n) is 4.56.